The fraction of sp³-hybridized carbons (Fsp3) is 0.545. The number of rotatable bonds is 5. The van der Waals surface area contributed by atoms with Crippen LogP contribution in [0.4, 0.5) is 4.79 Å². The maximum atomic E-state index is 13.1. The van der Waals surface area contributed by atoms with Crippen molar-refractivity contribution in [2.45, 2.75) is 26.3 Å². The lowest BCUT2D eigenvalue weighted by Crippen LogP contribution is -2.53. The van der Waals surface area contributed by atoms with E-state index in [0.717, 1.165) is 24.9 Å². The molecule has 2 saturated heterocycles. The predicted molar refractivity (Wildman–Crippen MR) is 113 cm³/mol. The Morgan fingerprint density at radius 1 is 1.10 bits per heavy atom. The van der Waals surface area contributed by atoms with Crippen LogP contribution in [0.2, 0.25) is 0 Å². The van der Waals surface area contributed by atoms with Gasteiger partial charge in [0.05, 0.1) is 19.1 Å². The van der Waals surface area contributed by atoms with Crippen molar-refractivity contribution in [1.82, 2.24) is 24.8 Å². The Hall–Kier alpha value is -2.94. The van der Waals surface area contributed by atoms with Crippen molar-refractivity contribution in [1.29, 1.82) is 0 Å². The van der Waals surface area contributed by atoms with Gasteiger partial charge in [-0.15, -0.1) is 0 Å². The Morgan fingerprint density at radius 3 is 2.58 bits per heavy atom. The number of piperidine rings is 1. The monoisotopic (exact) mass is 427 g/mol. The second kappa shape index (κ2) is 9.91. The van der Waals surface area contributed by atoms with Crippen molar-refractivity contribution in [3.05, 3.63) is 36.2 Å². The summed E-state index contributed by atoms with van der Waals surface area (Å²) < 4.78 is 10.5. The maximum Gasteiger partial charge on any atom is 0.409 e. The third-order valence-corrected chi connectivity index (χ3v) is 5.83. The molecule has 0 N–H and O–H groups in total. The smallest absolute Gasteiger partial charge is 0.409 e. The molecule has 3 heterocycles. The minimum Gasteiger partial charge on any atom is -0.450 e. The highest BCUT2D eigenvalue weighted by atomic mass is 16.6. The Kier molecular flexibility index (Phi) is 6.81. The molecule has 2 aliphatic heterocycles. The number of carbonyl (C=O) groups is 2. The van der Waals surface area contributed by atoms with E-state index in [1.807, 2.05) is 35.2 Å². The van der Waals surface area contributed by atoms with Crippen LogP contribution in [0.3, 0.4) is 0 Å². The minimum atomic E-state index is -0.298. The third kappa shape index (κ3) is 5.22. The molecule has 9 heteroatoms. The van der Waals surface area contributed by atoms with Crippen molar-refractivity contribution in [3.63, 3.8) is 0 Å². The first-order valence-electron chi connectivity index (χ1n) is 10.9. The summed E-state index contributed by atoms with van der Waals surface area (Å²) in [7, 11) is 0. The molecule has 166 valence electrons. The molecule has 0 spiro atoms. The van der Waals surface area contributed by atoms with E-state index in [1.54, 1.807) is 11.8 Å². The molecule has 2 aromatic rings. The summed E-state index contributed by atoms with van der Waals surface area (Å²) in [6, 6.07) is 9.74. The summed E-state index contributed by atoms with van der Waals surface area (Å²) in [6.07, 6.45) is 1.54. The lowest BCUT2D eigenvalue weighted by atomic mass is 9.96. The van der Waals surface area contributed by atoms with Gasteiger partial charge < -0.3 is 19.1 Å². The second-order valence-corrected chi connectivity index (χ2v) is 7.96. The van der Waals surface area contributed by atoms with E-state index in [4.69, 9.17) is 9.26 Å². The normalized spacial score (nSPS) is 20.0. The molecule has 2 aliphatic rings. The van der Waals surface area contributed by atoms with Crippen molar-refractivity contribution >= 4 is 12.0 Å². The molecule has 1 atom stereocenters. The zero-order valence-electron chi connectivity index (χ0n) is 17.9. The van der Waals surface area contributed by atoms with E-state index in [0.29, 0.717) is 57.6 Å². The minimum absolute atomic E-state index is 0.0422. The maximum absolute atomic E-state index is 13.1. The molecule has 1 aromatic heterocycles. The first-order chi connectivity index (χ1) is 15.1. The standard InChI is InChI=1S/C22H29N5O4/c1-2-30-22(29)27-13-11-26(12-14-27)21(28)18-9-6-10-25(15-18)16-19-23-20(24-31-19)17-7-4-3-5-8-17/h3-5,7-8,18H,2,6,9-16H2,1H3. The lowest BCUT2D eigenvalue weighted by molar-refractivity contribution is -0.139. The molecule has 9 nitrogen and oxygen atoms in total. The number of hydrogen-bond acceptors (Lipinski definition) is 7. The molecule has 0 radical (unpaired) electrons. The highest BCUT2D eigenvalue weighted by Crippen LogP contribution is 2.22. The summed E-state index contributed by atoms with van der Waals surface area (Å²) in [6.45, 7) is 6.43. The van der Waals surface area contributed by atoms with E-state index in [9.17, 15) is 9.59 Å². The van der Waals surface area contributed by atoms with Gasteiger partial charge >= 0.3 is 6.09 Å². The molecule has 0 saturated carbocycles. The second-order valence-electron chi connectivity index (χ2n) is 7.96. The van der Waals surface area contributed by atoms with Gasteiger partial charge in [0.1, 0.15) is 0 Å². The van der Waals surface area contributed by atoms with Gasteiger partial charge in [-0.2, -0.15) is 4.98 Å². The van der Waals surface area contributed by atoms with Gasteiger partial charge in [0.25, 0.3) is 0 Å². The Balaban J connectivity index is 1.29. The average Bonchev–Trinajstić information content (AvgIpc) is 3.28. The number of likely N-dealkylation sites (tertiary alicyclic amines) is 1. The largest absolute Gasteiger partial charge is 0.450 e. The highest BCUT2D eigenvalue weighted by molar-refractivity contribution is 5.79. The van der Waals surface area contributed by atoms with Crippen molar-refractivity contribution in [2.24, 2.45) is 5.92 Å². The molecule has 4 rings (SSSR count). The van der Waals surface area contributed by atoms with Crippen LogP contribution in [-0.2, 0) is 16.1 Å². The zero-order valence-corrected chi connectivity index (χ0v) is 17.9. The molecular weight excluding hydrogens is 398 g/mol. The molecular formula is C22H29N5O4. The van der Waals surface area contributed by atoms with Gasteiger partial charge in [-0.25, -0.2) is 4.79 Å². The fourth-order valence-corrected chi connectivity index (χ4v) is 4.20. The number of carbonyl (C=O) groups excluding carboxylic acids is 2. The van der Waals surface area contributed by atoms with Gasteiger partial charge in [-0.3, -0.25) is 9.69 Å². The van der Waals surface area contributed by atoms with Crippen LogP contribution in [0, 0.1) is 5.92 Å². The van der Waals surface area contributed by atoms with Crippen LogP contribution in [0.25, 0.3) is 11.4 Å². The molecule has 0 bridgehead atoms. The molecule has 31 heavy (non-hydrogen) atoms. The van der Waals surface area contributed by atoms with Crippen molar-refractivity contribution in [2.75, 3.05) is 45.9 Å². The summed E-state index contributed by atoms with van der Waals surface area (Å²) in [5, 5.41) is 4.08. The molecule has 1 unspecified atom stereocenters. The van der Waals surface area contributed by atoms with E-state index in [2.05, 4.69) is 15.0 Å². The first-order valence-corrected chi connectivity index (χ1v) is 10.9. The Morgan fingerprint density at radius 2 is 1.84 bits per heavy atom. The number of ether oxygens (including phenoxy) is 1. The number of aromatic nitrogens is 2. The Bertz CT molecular complexity index is 879. The summed E-state index contributed by atoms with van der Waals surface area (Å²) >= 11 is 0. The van der Waals surface area contributed by atoms with Crippen LogP contribution >= 0.6 is 0 Å². The van der Waals surface area contributed by atoms with Crippen molar-refractivity contribution < 1.29 is 18.8 Å². The zero-order chi connectivity index (χ0) is 21.6. The number of piperazine rings is 1. The number of amides is 2. The van der Waals surface area contributed by atoms with Crippen LogP contribution in [-0.4, -0.2) is 82.7 Å². The summed E-state index contributed by atoms with van der Waals surface area (Å²) in [4.78, 5) is 35.2. The van der Waals surface area contributed by atoms with Crippen molar-refractivity contribution in [3.8, 4) is 11.4 Å². The van der Waals surface area contributed by atoms with Gasteiger partial charge in [-0.1, -0.05) is 35.5 Å². The third-order valence-electron chi connectivity index (χ3n) is 5.83. The van der Waals surface area contributed by atoms with Crippen LogP contribution in [0.15, 0.2) is 34.9 Å². The van der Waals surface area contributed by atoms with Crippen LogP contribution < -0.4 is 0 Å². The van der Waals surface area contributed by atoms with Crippen LogP contribution in [0.5, 0.6) is 0 Å². The molecule has 1 aromatic carbocycles. The first kappa shape index (κ1) is 21.3. The molecule has 2 amide bonds. The van der Waals surface area contributed by atoms with Gasteiger partial charge in [0, 0.05) is 38.3 Å². The lowest BCUT2D eigenvalue weighted by Gasteiger charge is -2.38. The highest BCUT2D eigenvalue weighted by Gasteiger charge is 2.32. The van der Waals surface area contributed by atoms with E-state index in [1.165, 1.54) is 0 Å². The predicted octanol–water partition coefficient (Wildman–Crippen LogP) is 2.25. The quantitative estimate of drug-likeness (QED) is 0.723. The number of hydrogen-bond donors (Lipinski definition) is 0. The molecule has 2 fully saturated rings. The average molecular weight is 428 g/mol. The SMILES string of the molecule is CCOC(=O)N1CCN(C(=O)C2CCCN(Cc3nc(-c4ccccc4)no3)C2)CC1. The number of nitrogens with zero attached hydrogens (tertiary/aromatic N) is 5. The topological polar surface area (TPSA) is 92.0 Å². The van der Waals surface area contributed by atoms with E-state index < -0.39 is 0 Å². The molecule has 0 aliphatic carbocycles. The fourth-order valence-electron chi connectivity index (χ4n) is 4.20. The summed E-state index contributed by atoms with van der Waals surface area (Å²) in [5.41, 5.74) is 0.922. The van der Waals surface area contributed by atoms with Gasteiger partial charge in [0.2, 0.25) is 17.6 Å². The summed E-state index contributed by atoms with van der Waals surface area (Å²) in [5.74, 6) is 1.28. The Labute approximate surface area is 181 Å². The van der Waals surface area contributed by atoms with E-state index >= 15 is 0 Å². The van der Waals surface area contributed by atoms with Gasteiger partial charge in [-0.05, 0) is 26.3 Å². The number of benzene rings is 1. The van der Waals surface area contributed by atoms with Gasteiger partial charge in [0.15, 0.2) is 0 Å². The van der Waals surface area contributed by atoms with Crippen LogP contribution in [0.1, 0.15) is 25.7 Å². The van der Waals surface area contributed by atoms with E-state index in [-0.39, 0.29) is 17.9 Å².